The predicted octanol–water partition coefficient (Wildman–Crippen LogP) is 0.517. The van der Waals surface area contributed by atoms with Gasteiger partial charge in [0.15, 0.2) is 12.4 Å². The van der Waals surface area contributed by atoms with E-state index in [1.807, 2.05) is 0 Å². The van der Waals surface area contributed by atoms with Crippen molar-refractivity contribution in [2.45, 2.75) is 18.3 Å². The molecule has 7 heteroatoms. The molecule has 13 heavy (non-hydrogen) atoms. The smallest absolute Gasteiger partial charge is 0.428 e. The van der Waals surface area contributed by atoms with Crippen molar-refractivity contribution in [3.63, 3.8) is 0 Å². The zero-order chi connectivity index (χ0) is 10.1. The van der Waals surface area contributed by atoms with Gasteiger partial charge in [0.25, 0.3) is 0 Å². The number of halogens is 3. The Labute approximate surface area is 71.3 Å². The molecule has 0 spiro atoms. The number of nitrogens with zero attached hydrogens (tertiary/aromatic N) is 1. The fraction of sp³-hybridized carbons (Fsp3) is 0.667. The van der Waals surface area contributed by atoms with Crippen LogP contribution in [0.15, 0.2) is 4.99 Å². The molecule has 74 valence electrons. The van der Waals surface area contributed by atoms with Crippen LogP contribution >= 0.6 is 0 Å². The summed E-state index contributed by atoms with van der Waals surface area (Å²) >= 11 is 0. The summed E-state index contributed by atoms with van der Waals surface area (Å²) in [5.74, 6) is -1.06. The second kappa shape index (κ2) is 3.23. The number of ether oxygens (including phenoxy) is 2. The van der Waals surface area contributed by atoms with Crippen molar-refractivity contribution >= 4 is 12.4 Å². The van der Waals surface area contributed by atoms with E-state index in [1.165, 1.54) is 0 Å². The molecule has 0 aromatic heterocycles. The molecule has 0 fully saturated rings. The molecule has 0 radical (unpaired) electrons. The highest BCUT2D eigenvalue weighted by molar-refractivity contribution is 5.79. The van der Waals surface area contributed by atoms with Crippen molar-refractivity contribution in [3.8, 4) is 0 Å². The van der Waals surface area contributed by atoms with E-state index in [9.17, 15) is 18.0 Å². The topological polar surface area (TPSA) is 47.9 Å². The van der Waals surface area contributed by atoms with Gasteiger partial charge in [0.05, 0.1) is 7.11 Å². The number of hydrogen-bond donors (Lipinski definition) is 0. The first-order valence-electron chi connectivity index (χ1n) is 3.28. The standard InChI is InChI=1S/C6H6F3NO3/c1-12-5(11)3-4(6(7,8)9)13-2-10-3/h2-4H,1H3. The van der Waals surface area contributed by atoms with E-state index in [4.69, 9.17) is 0 Å². The second-order valence-electron chi connectivity index (χ2n) is 2.32. The van der Waals surface area contributed by atoms with Gasteiger partial charge in [0, 0.05) is 0 Å². The van der Waals surface area contributed by atoms with Crippen LogP contribution in [0.2, 0.25) is 0 Å². The molecule has 2 atom stereocenters. The molecular weight excluding hydrogens is 191 g/mol. The first kappa shape index (κ1) is 9.82. The fourth-order valence-electron chi connectivity index (χ4n) is 0.880. The number of carbonyl (C=O) groups is 1. The van der Waals surface area contributed by atoms with E-state index in [0.29, 0.717) is 6.40 Å². The van der Waals surface area contributed by atoms with Crippen LogP contribution in [0.1, 0.15) is 0 Å². The van der Waals surface area contributed by atoms with E-state index in [0.717, 1.165) is 7.11 Å². The minimum atomic E-state index is -4.62. The Bertz CT molecular complexity index is 238. The van der Waals surface area contributed by atoms with Crippen LogP contribution < -0.4 is 0 Å². The van der Waals surface area contributed by atoms with Gasteiger partial charge >= 0.3 is 12.1 Å². The van der Waals surface area contributed by atoms with Crippen molar-refractivity contribution < 1.29 is 27.4 Å². The van der Waals surface area contributed by atoms with Gasteiger partial charge in [-0.25, -0.2) is 9.79 Å². The van der Waals surface area contributed by atoms with Crippen molar-refractivity contribution in [2.24, 2.45) is 4.99 Å². The van der Waals surface area contributed by atoms with Crippen LogP contribution in [-0.2, 0) is 14.3 Å². The summed E-state index contributed by atoms with van der Waals surface area (Å²) in [4.78, 5) is 14.0. The molecule has 0 saturated heterocycles. The maximum atomic E-state index is 12.1. The molecule has 0 saturated carbocycles. The summed E-state index contributed by atoms with van der Waals surface area (Å²) in [6.07, 6.45) is -6.23. The highest BCUT2D eigenvalue weighted by Crippen LogP contribution is 2.29. The highest BCUT2D eigenvalue weighted by Gasteiger charge is 2.52. The molecule has 0 bridgehead atoms. The monoisotopic (exact) mass is 197 g/mol. The van der Waals surface area contributed by atoms with E-state index < -0.39 is 24.3 Å². The number of aliphatic imine (C=N–C) groups is 1. The van der Waals surface area contributed by atoms with Gasteiger partial charge in [-0.1, -0.05) is 0 Å². The zero-order valence-electron chi connectivity index (χ0n) is 6.54. The maximum absolute atomic E-state index is 12.1. The number of hydrogen-bond acceptors (Lipinski definition) is 4. The van der Waals surface area contributed by atoms with Crippen molar-refractivity contribution in [2.75, 3.05) is 7.11 Å². The van der Waals surface area contributed by atoms with Gasteiger partial charge in [0.2, 0.25) is 6.10 Å². The molecule has 1 rings (SSSR count). The molecule has 0 aromatic rings. The van der Waals surface area contributed by atoms with Gasteiger partial charge in [0.1, 0.15) is 0 Å². The summed E-state index contributed by atoms with van der Waals surface area (Å²) in [6.45, 7) is 0. The van der Waals surface area contributed by atoms with Crippen LogP contribution in [0, 0.1) is 0 Å². The molecule has 1 aliphatic heterocycles. The third kappa shape index (κ3) is 1.90. The third-order valence-corrected chi connectivity index (χ3v) is 1.48. The molecule has 0 aromatic carbocycles. The zero-order valence-corrected chi connectivity index (χ0v) is 6.54. The lowest BCUT2D eigenvalue weighted by molar-refractivity contribution is -0.202. The van der Waals surface area contributed by atoms with E-state index >= 15 is 0 Å². The lowest BCUT2D eigenvalue weighted by Gasteiger charge is -2.17. The molecule has 0 amide bonds. The second-order valence-corrected chi connectivity index (χ2v) is 2.32. The van der Waals surface area contributed by atoms with Gasteiger partial charge in [-0.3, -0.25) is 0 Å². The number of esters is 1. The van der Waals surface area contributed by atoms with Crippen LogP contribution in [0.5, 0.6) is 0 Å². The summed E-state index contributed by atoms with van der Waals surface area (Å²) in [5.41, 5.74) is 0. The highest BCUT2D eigenvalue weighted by atomic mass is 19.4. The Morgan fingerprint density at radius 3 is 2.69 bits per heavy atom. The van der Waals surface area contributed by atoms with Crippen LogP contribution in [-0.4, -0.2) is 37.8 Å². The fourth-order valence-corrected chi connectivity index (χ4v) is 0.880. The van der Waals surface area contributed by atoms with Crippen molar-refractivity contribution in [1.82, 2.24) is 0 Å². The summed E-state index contributed by atoms with van der Waals surface area (Å²) in [7, 11) is 0.990. The Balaban J connectivity index is 2.74. The van der Waals surface area contributed by atoms with Gasteiger partial charge in [-0.2, -0.15) is 13.2 Å². The lowest BCUT2D eigenvalue weighted by Crippen LogP contribution is -2.42. The average molecular weight is 197 g/mol. The number of alkyl halides is 3. The first-order valence-corrected chi connectivity index (χ1v) is 3.28. The normalized spacial score (nSPS) is 27.1. The van der Waals surface area contributed by atoms with Crippen LogP contribution in [0.4, 0.5) is 13.2 Å². The Kier molecular flexibility index (Phi) is 2.44. The molecule has 4 nitrogen and oxygen atoms in total. The van der Waals surface area contributed by atoms with Gasteiger partial charge < -0.3 is 9.47 Å². The first-order chi connectivity index (χ1) is 5.96. The Hall–Kier alpha value is -1.27. The summed E-state index contributed by atoms with van der Waals surface area (Å²) < 4.78 is 44.5. The lowest BCUT2D eigenvalue weighted by atomic mass is 10.2. The third-order valence-electron chi connectivity index (χ3n) is 1.48. The van der Waals surface area contributed by atoms with Crippen molar-refractivity contribution in [3.05, 3.63) is 0 Å². The molecule has 1 aliphatic rings. The Morgan fingerprint density at radius 2 is 2.23 bits per heavy atom. The van der Waals surface area contributed by atoms with E-state index in [2.05, 4.69) is 14.5 Å². The minimum absolute atomic E-state index is 0.611. The molecule has 2 unspecified atom stereocenters. The van der Waals surface area contributed by atoms with Gasteiger partial charge in [-0.15, -0.1) is 0 Å². The van der Waals surface area contributed by atoms with Crippen LogP contribution in [0.3, 0.4) is 0 Å². The van der Waals surface area contributed by atoms with Gasteiger partial charge in [-0.05, 0) is 0 Å². The minimum Gasteiger partial charge on any atom is -0.468 e. The molecular formula is C6H6F3NO3. The SMILES string of the molecule is COC(=O)C1N=COC1C(F)(F)F. The molecule has 1 heterocycles. The summed E-state index contributed by atoms with van der Waals surface area (Å²) in [5, 5.41) is 0. The largest absolute Gasteiger partial charge is 0.468 e. The molecule has 0 N–H and O–H groups in total. The van der Waals surface area contributed by atoms with E-state index in [1.54, 1.807) is 0 Å². The number of carbonyl (C=O) groups excluding carboxylic acids is 1. The van der Waals surface area contributed by atoms with Crippen LogP contribution in [0.25, 0.3) is 0 Å². The maximum Gasteiger partial charge on any atom is 0.428 e. The predicted molar refractivity (Wildman–Crippen MR) is 35.2 cm³/mol. The quantitative estimate of drug-likeness (QED) is 0.575. The molecule has 0 aliphatic carbocycles. The summed E-state index contributed by atoms with van der Waals surface area (Å²) in [6, 6.07) is -1.63. The van der Waals surface area contributed by atoms with E-state index in [-0.39, 0.29) is 0 Å². The average Bonchev–Trinajstić information content (AvgIpc) is 2.49. The number of methoxy groups -OCH3 is 1. The number of rotatable bonds is 1. The van der Waals surface area contributed by atoms with Crippen molar-refractivity contribution in [1.29, 1.82) is 0 Å². The Morgan fingerprint density at radius 1 is 1.62 bits per heavy atom.